The number of phenolic OH excluding ortho intramolecular Hbond substituents is 1. The summed E-state index contributed by atoms with van der Waals surface area (Å²) >= 11 is 0. The van der Waals surface area contributed by atoms with Gasteiger partial charge in [-0.2, -0.15) is 0 Å². The standard InChI is InChI=1S/C11H10O5/c1-5-8(10(13)11(14)15)9-6(12)3-2-4-7(9)16-5/h2-4,10,12-13H,1H3,(H,14,15). The third-order valence-electron chi connectivity index (χ3n) is 2.42. The molecule has 1 heterocycles. The summed E-state index contributed by atoms with van der Waals surface area (Å²) in [4.78, 5) is 10.7. The third kappa shape index (κ3) is 1.42. The fraction of sp³-hybridized carbons (Fsp3) is 0.182. The van der Waals surface area contributed by atoms with Gasteiger partial charge < -0.3 is 19.7 Å². The van der Waals surface area contributed by atoms with Crippen molar-refractivity contribution in [2.75, 3.05) is 0 Å². The molecule has 0 saturated carbocycles. The van der Waals surface area contributed by atoms with Gasteiger partial charge in [0.1, 0.15) is 17.1 Å². The molecule has 3 N–H and O–H groups in total. The zero-order valence-electron chi connectivity index (χ0n) is 8.47. The van der Waals surface area contributed by atoms with Gasteiger partial charge in [0.25, 0.3) is 0 Å². The van der Waals surface area contributed by atoms with Crippen molar-refractivity contribution < 1.29 is 24.5 Å². The predicted octanol–water partition coefficient (Wildman–Crippen LogP) is 1.56. The van der Waals surface area contributed by atoms with Gasteiger partial charge in [0.15, 0.2) is 6.10 Å². The maximum Gasteiger partial charge on any atom is 0.337 e. The van der Waals surface area contributed by atoms with E-state index in [4.69, 9.17) is 9.52 Å². The number of aliphatic hydroxyl groups is 1. The second kappa shape index (κ2) is 3.53. The molecule has 1 atom stereocenters. The van der Waals surface area contributed by atoms with Gasteiger partial charge in [-0.05, 0) is 19.1 Å². The fourth-order valence-electron chi connectivity index (χ4n) is 1.72. The lowest BCUT2D eigenvalue weighted by atomic mass is 10.0. The molecular weight excluding hydrogens is 212 g/mol. The van der Waals surface area contributed by atoms with Gasteiger partial charge in [-0.3, -0.25) is 0 Å². The van der Waals surface area contributed by atoms with Gasteiger partial charge >= 0.3 is 5.97 Å². The van der Waals surface area contributed by atoms with Crippen LogP contribution in [0.5, 0.6) is 5.75 Å². The zero-order valence-corrected chi connectivity index (χ0v) is 8.47. The van der Waals surface area contributed by atoms with Crippen molar-refractivity contribution in [2.45, 2.75) is 13.0 Å². The topological polar surface area (TPSA) is 90.9 Å². The molecule has 84 valence electrons. The van der Waals surface area contributed by atoms with Crippen LogP contribution in [0.2, 0.25) is 0 Å². The summed E-state index contributed by atoms with van der Waals surface area (Å²) in [7, 11) is 0. The number of fused-ring (bicyclic) bond motifs is 1. The monoisotopic (exact) mass is 222 g/mol. The molecule has 0 spiro atoms. The number of aryl methyl sites for hydroxylation is 1. The van der Waals surface area contributed by atoms with Gasteiger partial charge in [0.2, 0.25) is 0 Å². The minimum absolute atomic E-state index is 0.0978. The molecule has 2 aromatic rings. The number of aliphatic carboxylic acids is 1. The molecule has 5 heteroatoms. The second-order valence-electron chi connectivity index (χ2n) is 3.46. The lowest BCUT2D eigenvalue weighted by Crippen LogP contribution is -2.10. The summed E-state index contributed by atoms with van der Waals surface area (Å²) in [6, 6.07) is 4.59. The van der Waals surface area contributed by atoms with Crippen LogP contribution in [0.4, 0.5) is 0 Å². The Kier molecular flexibility index (Phi) is 2.32. The van der Waals surface area contributed by atoms with E-state index in [2.05, 4.69) is 0 Å². The lowest BCUT2D eigenvalue weighted by Gasteiger charge is -2.04. The number of carbonyl (C=O) groups is 1. The number of furan rings is 1. The quantitative estimate of drug-likeness (QED) is 0.717. The van der Waals surface area contributed by atoms with Crippen LogP contribution in [0.1, 0.15) is 17.4 Å². The van der Waals surface area contributed by atoms with Crippen molar-refractivity contribution in [3.05, 3.63) is 29.5 Å². The average molecular weight is 222 g/mol. The average Bonchev–Trinajstić information content (AvgIpc) is 2.54. The number of hydrogen-bond donors (Lipinski definition) is 3. The van der Waals surface area contributed by atoms with Gasteiger partial charge in [-0.15, -0.1) is 0 Å². The summed E-state index contributed by atoms with van der Waals surface area (Å²) < 4.78 is 5.27. The van der Waals surface area contributed by atoms with Crippen LogP contribution in [0.15, 0.2) is 22.6 Å². The highest BCUT2D eigenvalue weighted by atomic mass is 16.4. The Balaban J connectivity index is 2.77. The summed E-state index contributed by atoms with van der Waals surface area (Å²) in [6.45, 7) is 1.54. The molecule has 1 aromatic carbocycles. The third-order valence-corrected chi connectivity index (χ3v) is 2.42. The molecule has 2 rings (SSSR count). The van der Waals surface area contributed by atoms with Crippen LogP contribution in [0, 0.1) is 6.92 Å². The number of phenols is 1. The Bertz CT molecular complexity index is 555. The number of hydrogen-bond acceptors (Lipinski definition) is 4. The molecule has 5 nitrogen and oxygen atoms in total. The molecule has 0 saturated heterocycles. The SMILES string of the molecule is Cc1oc2cccc(O)c2c1C(O)C(=O)O. The van der Waals surface area contributed by atoms with E-state index in [1.165, 1.54) is 6.07 Å². The number of rotatable bonds is 2. The lowest BCUT2D eigenvalue weighted by molar-refractivity contribution is -0.146. The van der Waals surface area contributed by atoms with Crippen molar-refractivity contribution in [3.8, 4) is 5.75 Å². The first-order chi connectivity index (χ1) is 7.52. The van der Waals surface area contributed by atoms with Gasteiger partial charge in [-0.1, -0.05) is 6.07 Å². The number of carboxylic acid groups (broad SMARTS) is 1. The van der Waals surface area contributed by atoms with Crippen LogP contribution in [0.25, 0.3) is 11.0 Å². The first-order valence-corrected chi connectivity index (χ1v) is 4.64. The molecule has 0 aliphatic carbocycles. The summed E-state index contributed by atoms with van der Waals surface area (Å²) in [6.07, 6.45) is -1.70. The minimum atomic E-state index is -1.70. The van der Waals surface area contributed by atoms with E-state index in [1.807, 2.05) is 0 Å². The number of carboxylic acids is 1. The molecule has 0 amide bonds. The van der Waals surface area contributed by atoms with Crippen LogP contribution < -0.4 is 0 Å². The van der Waals surface area contributed by atoms with E-state index in [0.29, 0.717) is 5.58 Å². The minimum Gasteiger partial charge on any atom is -0.507 e. The molecule has 0 bridgehead atoms. The molecule has 0 fully saturated rings. The Morgan fingerprint density at radius 3 is 2.75 bits per heavy atom. The normalized spacial score (nSPS) is 12.9. The number of aromatic hydroxyl groups is 1. The first kappa shape index (κ1) is 10.5. The predicted molar refractivity (Wildman–Crippen MR) is 55.2 cm³/mol. The summed E-state index contributed by atoms with van der Waals surface area (Å²) in [5.41, 5.74) is 0.452. The molecule has 1 aromatic heterocycles. The first-order valence-electron chi connectivity index (χ1n) is 4.64. The number of aliphatic hydroxyl groups excluding tert-OH is 1. The van der Waals surface area contributed by atoms with Crippen LogP contribution >= 0.6 is 0 Å². The van der Waals surface area contributed by atoms with Crippen molar-refractivity contribution in [1.29, 1.82) is 0 Å². The van der Waals surface area contributed by atoms with Gasteiger partial charge in [0.05, 0.1) is 5.39 Å². The smallest absolute Gasteiger partial charge is 0.337 e. The van der Waals surface area contributed by atoms with Gasteiger partial charge in [0, 0.05) is 5.56 Å². The van der Waals surface area contributed by atoms with Crippen molar-refractivity contribution >= 4 is 16.9 Å². The highest BCUT2D eigenvalue weighted by Crippen LogP contribution is 2.36. The van der Waals surface area contributed by atoms with Crippen LogP contribution in [0.3, 0.4) is 0 Å². The van der Waals surface area contributed by atoms with Crippen molar-refractivity contribution in [2.24, 2.45) is 0 Å². The Hall–Kier alpha value is -2.01. The summed E-state index contributed by atoms with van der Waals surface area (Å²) in [5, 5.41) is 28.2. The molecule has 1 unspecified atom stereocenters. The Morgan fingerprint density at radius 1 is 1.44 bits per heavy atom. The van der Waals surface area contributed by atoms with E-state index < -0.39 is 12.1 Å². The molecule has 0 aliphatic rings. The van der Waals surface area contributed by atoms with E-state index in [1.54, 1.807) is 19.1 Å². The van der Waals surface area contributed by atoms with E-state index in [9.17, 15) is 15.0 Å². The highest BCUT2D eigenvalue weighted by molar-refractivity contribution is 5.92. The number of benzene rings is 1. The van der Waals surface area contributed by atoms with E-state index in [-0.39, 0.29) is 22.5 Å². The Morgan fingerprint density at radius 2 is 2.12 bits per heavy atom. The van der Waals surface area contributed by atoms with Crippen LogP contribution in [-0.4, -0.2) is 21.3 Å². The molecular formula is C11H10O5. The molecule has 16 heavy (non-hydrogen) atoms. The second-order valence-corrected chi connectivity index (χ2v) is 3.46. The molecule has 0 radical (unpaired) electrons. The summed E-state index contributed by atoms with van der Waals surface area (Å²) in [5.74, 6) is -1.20. The van der Waals surface area contributed by atoms with Crippen LogP contribution in [-0.2, 0) is 4.79 Å². The highest BCUT2D eigenvalue weighted by Gasteiger charge is 2.25. The zero-order chi connectivity index (χ0) is 11.9. The molecule has 0 aliphatic heterocycles. The van der Waals surface area contributed by atoms with Crippen molar-refractivity contribution in [3.63, 3.8) is 0 Å². The maximum atomic E-state index is 10.7. The van der Waals surface area contributed by atoms with E-state index in [0.717, 1.165) is 0 Å². The van der Waals surface area contributed by atoms with E-state index >= 15 is 0 Å². The largest absolute Gasteiger partial charge is 0.507 e. The maximum absolute atomic E-state index is 10.7. The Labute approximate surface area is 90.5 Å². The fourth-order valence-corrected chi connectivity index (χ4v) is 1.72. The van der Waals surface area contributed by atoms with Gasteiger partial charge in [-0.25, -0.2) is 4.79 Å². The van der Waals surface area contributed by atoms with Crippen molar-refractivity contribution in [1.82, 2.24) is 0 Å².